The summed E-state index contributed by atoms with van der Waals surface area (Å²) in [7, 11) is 0. The number of aliphatic hydroxyl groups is 1. The second-order valence-corrected chi connectivity index (χ2v) is 6.35. The van der Waals surface area contributed by atoms with Crippen LogP contribution in [0.15, 0.2) is 23.1 Å². The summed E-state index contributed by atoms with van der Waals surface area (Å²) in [6, 6.07) is 4.54. The maximum absolute atomic E-state index is 12.8. The summed E-state index contributed by atoms with van der Waals surface area (Å²) in [4.78, 5) is 0.844. The zero-order chi connectivity index (χ0) is 13.7. The van der Waals surface area contributed by atoms with Gasteiger partial charge in [-0.1, -0.05) is 26.0 Å². The van der Waals surface area contributed by atoms with E-state index in [9.17, 15) is 18.3 Å². The number of benzene rings is 1. The Labute approximate surface area is 108 Å². The third-order valence-electron chi connectivity index (χ3n) is 3.64. The molecule has 0 spiro atoms. The molecule has 1 aromatic carbocycles. The zero-order valence-corrected chi connectivity index (χ0v) is 11.2. The third kappa shape index (κ3) is 2.03. The lowest BCUT2D eigenvalue weighted by molar-refractivity contribution is -0.258. The molecule has 0 radical (unpaired) electrons. The quantitative estimate of drug-likeness (QED) is 0.835. The first-order valence-electron chi connectivity index (χ1n) is 5.75. The molecule has 1 heterocycles. The minimum absolute atomic E-state index is 0.0949. The van der Waals surface area contributed by atoms with Crippen LogP contribution >= 0.6 is 11.8 Å². The minimum Gasteiger partial charge on any atom is -0.376 e. The summed E-state index contributed by atoms with van der Waals surface area (Å²) in [5, 5.41) is 10.0. The Kier molecular flexibility index (Phi) is 3.18. The van der Waals surface area contributed by atoms with Gasteiger partial charge in [-0.2, -0.15) is 13.2 Å². The van der Waals surface area contributed by atoms with E-state index in [0.29, 0.717) is 11.2 Å². The normalized spacial score (nSPS) is 26.8. The molecule has 3 atom stereocenters. The van der Waals surface area contributed by atoms with Gasteiger partial charge >= 0.3 is 6.18 Å². The van der Waals surface area contributed by atoms with Crippen molar-refractivity contribution in [2.24, 2.45) is 0 Å². The van der Waals surface area contributed by atoms with Crippen molar-refractivity contribution in [1.29, 1.82) is 0 Å². The molecule has 1 N–H and O–H groups in total. The molecule has 1 nitrogen and oxygen atoms in total. The molecular weight excluding hydrogens is 261 g/mol. The lowest BCUT2D eigenvalue weighted by Gasteiger charge is -2.27. The Hall–Kier alpha value is -0.680. The standard InChI is InChI=1S/C13H15F3OS/c1-7-8(2)18-11-6-9(4-5-10(7)11)12(3,17)13(14,15)16/h4-8,17H,1-3H3. The highest BCUT2D eigenvalue weighted by Gasteiger charge is 2.51. The van der Waals surface area contributed by atoms with E-state index in [1.165, 1.54) is 12.1 Å². The molecule has 1 aliphatic heterocycles. The van der Waals surface area contributed by atoms with Crippen LogP contribution < -0.4 is 0 Å². The Bertz CT molecular complexity index is 468. The van der Waals surface area contributed by atoms with Gasteiger partial charge in [-0.05, 0) is 30.0 Å². The van der Waals surface area contributed by atoms with Crippen LogP contribution in [0, 0.1) is 0 Å². The molecule has 18 heavy (non-hydrogen) atoms. The summed E-state index contributed by atoms with van der Waals surface area (Å²) in [6.07, 6.45) is -4.66. The number of thioether (sulfide) groups is 1. The van der Waals surface area contributed by atoms with Gasteiger partial charge in [-0.3, -0.25) is 0 Å². The van der Waals surface area contributed by atoms with Crippen molar-refractivity contribution in [1.82, 2.24) is 0 Å². The number of halogens is 3. The van der Waals surface area contributed by atoms with E-state index < -0.39 is 11.8 Å². The molecule has 1 aromatic rings. The summed E-state index contributed by atoms with van der Waals surface area (Å²) in [5.41, 5.74) is -1.82. The van der Waals surface area contributed by atoms with Crippen molar-refractivity contribution < 1.29 is 18.3 Å². The van der Waals surface area contributed by atoms with Crippen LogP contribution in [0.25, 0.3) is 0 Å². The summed E-state index contributed by atoms with van der Waals surface area (Å²) >= 11 is 1.56. The van der Waals surface area contributed by atoms with Crippen LogP contribution in [0.1, 0.15) is 37.8 Å². The van der Waals surface area contributed by atoms with Gasteiger partial charge in [0.25, 0.3) is 0 Å². The molecular formula is C13H15F3OS. The Morgan fingerprint density at radius 2 is 1.83 bits per heavy atom. The van der Waals surface area contributed by atoms with Crippen LogP contribution in [0.3, 0.4) is 0 Å². The number of rotatable bonds is 1. The molecule has 0 fully saturated rings. The average molecular weight is 276 g/mol. The van der Waals surface area contributed by atoms with E-state index in [1.54, 1.807) is 17.8 Å². The van der Waals surface area contributed by atoms with E-state index in [1.807, 2.05) is 0 Å². The van der Waals surface area contributed by atoms with Crippen molar-refractivity contribution in [2.75, 3.05) is 0 Å². The van der Waals surface area contributed by atoms with E-state index in [4.69, 9.17) is 0 Å². The fourth-order valence-electron chi connectivity index (χ4n) is 2.03. The Morgan fingerprint density at radius 3 is 2.39 bits per heavy atom. The predicted molar refractivity (Wildman–Crippen MR) is 65.8 cm³/mol. The maximum atomic E-state index is 12.8. The molecule has 0 aliphatic carbocycles. The van der Waals surface area contributed by atoms with Crippen molar-refractivity contribution in [3.8, 4) is 0 Å². The van der Waals surface area contributed by atoms with Crippen molar-refractivity contribution >= 4 is 11.8 Å². The van der Waals surface area contributed by atoms with Crippen LogP contribution in [0.4, 0.5) is 13.2 Å². The van der Waals surface area contributed by atoms with Crippen LogP contribution in [-0.2, 0) is 5.60 Å². The van der Waals surface area contributed by atoms with Gasteiger partial charge in [0.05, 0.1) is 0 Å². The second-order valence-electron chi connectivity index (χ2n) is 4.93. The largest absolute Gasteiger partial charge is 0.421 e. The lowest BCUT2D eigenvalue weighted by atomic mass is 9.91. The van der Waals surface area contributed by atoms with Gasteiger partial charge in [0, 0.05) is 10.1 Å². The van der Waals surface area contributed by atoms with Crippen molar-refractivity contribution in [3.05, 3.63) is 29.3 Å². The van der Waals surface area contributed by atoms with Gasteiger partial charge in [-0.15, -0.1) is 11.8 Å². The third-order valence-corrected chi connectivity index (χ3v) is 5.02. The van der Waals surface area contributed by atoms with E-state index >= 15 is 0 Å². The smallest absolute Gasteiger partial charge is 0.376 e. The molecule has 0 saturated heterocycles. The first kappa shape index (κ1) is 13.7. The average Bonchev–Trinajstić information content (AvgIpc) is 2.53. The van der Waals surface area contributed by atoms with Crippen molar-refractivity contribution in [2.45, 2.75) is 48.6 Å². The zero-order valence-electron chi connectivity index (χ0n) is 10.4. The maximum Gasteiger partial charge on any atom is 0.421 e. The summed E-state index contributed by atoms with van der Waals surface area (Å²) in [6.45, 7) is 4.91. The van der Waals surface area contributed by atoms with Crippen molar-refractivity contribution in [3.63, 3.8) is 0 Å². The lowest BCUT2D eigenvalue weighted by Crippen LogP contribution is -2.39. The molecule has 1 aliphatic rings. The topological polar surface area (TPSA) is 20.2 Å². The number of hydrogen-bond acceptors (Lipinski definition) is 2. The van der Waals surface area contributed by atoms with Gasteiger partial charge in [-0.25, -0.2) is 0 Å². The molecule has 3 unspecified atom stereocenters. The van der Waals surface area contributed by atoms with Crippen LogP contribution in [0.5, 0.6) is 0 Å². The molecule has 5 heteroatoms. The predicted octanol–water partition coefficient (Wildman–Crippen LogP) is 4.05. The van der Waals surface area contributed by atoms with Gasteiger partial charge in [0.1, 0.15) is 0 Å². The highest BCUT2D eigenvalue weighted by atomic mass is 32.2. The SMILES string of the molecule is CC1Sc2cc(C(C)(O)C(F)(F)F)ccc2C1C. The number of alkyl halides is 3. The monoisotopic (exact) mass is 276 g/mol. The van der Waals surface area contributed by atoms with Gasteiger partial charge in [0.15, 0.2) is 5.60 Å². The highest BCUT2D eigenvalue weighted by molar-refractivity contribution is 8.00. The Balaban J connectivity index is 2.43. The molecule has 0 aromatic heterocycles. The molecule has 2 rings (SSSR count). The fraction of sp³-hybridized carbons (Fsp3) is 0.538. The first-order valence-corrected chi connectivity index (χ1v) is 6.62. The van der Waals surface area contributed by atoms with E-state index in [-0.39, 0.29) is 5.56 Å². The van der Waals surface area contributed by atoms with Crippen LogP contribution in [-0.4, -0.2) is 16.5 Å². The van der Waals surface area contributed by atoms with Crippen LogP contribution in [0.2, 0.25) is 0 Å². The van der Waals surface area contributed by atoms with Gasteiger partial charge < -0.3 is 5.11 Å². The summed E-state index contributed by atoms with van der Waals surface area (Å²) in [5.74, 6) is 0.329. The molecule has 0 bridgehead atoms. The summed E-state index contributed by atoms with van der Waals surface area (Å²) < 4.78 is 38.3. The number of hydrogen-bond donors (Lipinski definition) is 1. The number of fused-ring (bicyclic) bond motifs is 1. The van der Waals surface area contributed by atoms with Gasteiger partial charge in [0.2, 0.25) is 0 Å². The first-order chi connectivity index (χ1) is 8.14. The molecule has 100 valence electrons. The fourth-order valence-corrected chi connectivity index (χ4v) is 3.37. The minimum atomic E-state index is -4.66. The van der Waals surface area contributed by atoms with E-state index in [0.717, 1.165) is 17.4 Å². The molecule has 0 amide bonds. The molecule has 0 saturated carbocycles. The Morgan fingerprint density at radius 1 is 1.22 bits per heavy atom. The highest BCUT2D eigenvalue weighted by Crippen LogP contribution is 2.47. The van der Waals surface area contributed by atoms with E-state index in [2.05, 4.69) is 13.8 Å². The second kappa shape index (κ2) is 4.17.